The van der Waals surface area contributed by atoms with E-state index < -0.39 is 0 Å². The van der Waals surface area contributed by atoms with Crippen LogP contribution in [0.2, 0.25) is 0 Å². The van der Waals surface area contributed by atoms with E-state index in [1.165, 1.54) is 4.90 Å². The predicted octanol–water partition coefficient (Wildman–Crippen LogP) is 1.43. The molecule has 0 radical (unpaired) electrons. The van der Waals surface area contributed by atoms with Gasteiger partial charge in [0.05, 0.1) is 0 Å². The van der Waals surface area contributed by atoms with Gasteiger partial charge in [-0.05, 0) is 19.3 Å². The number of rotatable bonds is 3. The van der Waals surface area contributed by atoms with Gasteiger partial charge in [-0.3, -0.25) is 10.3 Å². The minimum atomic E-state index is -0.154. The molecule has 4 heteroatoms. The lowest BCUT2D eigenvalue weighted by atomic mass is 10.3. The van der Waals surface area contributed by atoms with Crippen LogP contribution in [0.25, 0.3) is 0 Å². The summed E-state index contributed by atoms with van der Waals surface area (Å²) >= 11 is 0. The van der Waals surface area contributed by atoms with Crippen molar-refractivity contribution >= 4 is 11.9 Å². The van der Waals surface area contributed by atoms with Crippen molar-refractivity contribution in [2.75, 3.05) is 13.6 Å². The highest BCUT2D eigenvalue weighted by molar-refractivity contribution is 5.97. The first-order valence-electron chi connectivity index (χ1n) is 4.76. The first kappa shape index (κ1) is 10.0. The van der Waals surface area contributed by atoms with Crippen LogP contribution in [0.3, 0.4) is 0 Å². The van der Waals surface area contributed by atoms with Crippen molar-refractivity contribution in [2.45, 2.75) is 26.2 Å². The van der Waals surface area contributed by atoms with Gasteiger partial charge in [0.2, 0.25) is 0 Å². The molecule has 0 heterocycles. The molecule has 1 aliphatic rings. The standard InChI is InChI=1S/C9H17N3O/c1-3-6-11-9(13)12(2)8(10)7-4-5-7/h7,10H,3-6H2,1-2H3,(H,11,13). The zero-order valence-electron chi connectivity index (χ0n) is 8.26. The van der Waals surface area contributed by atoms with Gasteiger partial charge in [0.15, 0.2) is 0 Å². The van der Waals surface area contributed by atoms with Gasteiger partial charge in [-0.25, -0.2) is 4.79 Å². The molecule has 2 amide bonds. The minimum absolute atomic E-state index is 0.154. The van der Waals surface area contributed by atoms with E-state index in [2.05, 4.69) is 5.32 Å². The van der Waals surface area contributed by atoms with Crippen LogP contribution in [0, 0.1) is 11.3 Å². The molecule has 1 saturated carbocycles. The maximum Gasteiger partial charge on any atom is 0.322 e. The third-order valence-electron chi connectivity index (χ3n) is 2.16. The lowest BCUT2D eigenvalue weighted by Gasteiger charge is -2.18. The molecule has 74 valence electrons. The van der Waals surface area contributed by atoms with Gasteiger partial charge in [0, 0.05) is 19.5 Å². The van der Waals surface area contributed by atoms with Crippen molar-refractivity contribution in [2.24, 2.45) is 5.92 Å². The van der Waals surface area contributed by atoms with Crippen molar-refractivity contribution in [1.29, 1.82) is 5.41 Å². The summed E-state index contributed by atoms with van der Waals surface area (Å²) in [6.07, 6.45) is 3.05. The van der Waals surface area contributed by atoms with Crippen LogP contribution in [0.15, 0.2) is 0 Å². The van der Waals surface area contributed by atoms with E-state index in [9.17, 15) is 4.79 Å². The number of hydrogen-bond acceptors (Lipinski definition) is 2. The van der Waals surface area contributed by atoms with Crippen LogP contribution < -0.4 is 5.32 Å². The maximum atomic E-state index is 11.3. The summed E-state index contributed by atoms with van der Waals surface area (Å²) in [6, 6.07) is -0.154. The Morgan fingerprint density at radius 1 is 1.62 bits per heavy atom. The van der Waals surface area contributed by atoms with Crippen LogP contribution in [0.1, 0.15) is 26.2 Å². The Morgan fingerprint density at radius 3 is 2.69 bits per heavy atom. The van der Waals surface area contributed by atoms with Crippen LogP contribution in [-0.2, 0) is 0 Å². The number of amidine groups is 1. The predicted molar refractivity (Wildman–Crippen MR) is 51.9 cm³/mol. The fraction of sp³-hybridized carbons (Fsp3) is 0.778. The molecule has 0 aromatic heterocycles. The first-order chi connectivity index (χ1) is 6.16. The third-order valence-corrected chi connectivity index (χ3v) is 2.16. The molecule has 0 saturated heterocycles. The number of nitrogens with one attached hydrogen (secondary N) is 2. The zero-order valence-corrected chi connectivity index (χ0v) is 8.26. The molecule has 0 aliphatic heterocycles. The van der Waals surface area contributed by atoms with Crippen LogP contribution in [-0.4, -0.2) is 30.4 Å². The summed E-state index contributed by atoms with van der Waals surface area (Å²) in [4.78, 5) is 12.8. The van der Waals surface area contributed by atoms with Crippen LogP contribution in [0.4, 0.5) is 4.79 Å². The number of carbonyl (C=O) groups excluding carboxylic acids is 1. The van der Waals surface area contributed by atoms with Gasteiger partial charge in [-0.2, -0.15) is 0 Å². The molecule has 1 rings (SSSR count). The molecule has 0 aromatic carbocycles. The van der Waals surface area contributed by atoms with Crippen molar-refractivity contribution in [1.82, 2.24) is 10.2 Å². The van der Waals surface area contributed by atoms with E-state index in [1.807, 2.05) is 6.92 Å². The Kier molecular flexibility index (Phi) is 3.28. The van der Waals surface area contributed by atoms with E-state index >= 15 is 0 Å². The normalized spacial score (nSPS) is 15.2. The molecule has 4 nitrogen and oxygen atoms in total. The molecule has 13 heavy (non-hydrogen) atoms. The van der Waals surface area contributed by atoms with Crippen molar-refractivity contribution in [3.05, 3.63) is 0 Å². The summed E-state index contributed by atoms with van der Waals surface area (Å²) < 4.78 is 0. The Balaban J connectivity index is 2.32. The van der Waals surface area contributed by atoms with Crippen LogP contribution in [0.5, 0.6) is 0 Å². The summed E-state index contributed by atoms with van der Waals surface area (Å²) in [7, 11) is 1.66. The quantitative estimate of drug-likeness (QED) is 0.504. The van der Waals surface area contributed by atoms with E-state index in [1.54, 1.807) is 7.05 Å². The molecular weight excluding hydrogens is 166 g/mol. The lowest BCUT2D eigenvalue weighted by Crippen LogP contribution is -2.41. The third kappa shape index (κ3) is 2.72. The van der Waals surface area contributed by atoms with Crippen LogP contribution >= 0.6 is 0 Å². The number of nitrogens with zero attached hydrogens (tertiary/aromatic N) is 1. The van der Waals surface area contributed by atoms with Crippen molar-refractivity contribution in [3.8, 4) is 0 Å². The molecular formula is C9H17N3O. The molecule has 0 atom stereocenters. The second-order valence-electron chi connectivity index (χ2n) is 3.45. The molecule has 2 N–H and O–H groups in total. The van der Waals surface area contributed by atoms with Crippen molar-refractivity contribution < 1.29 is 4.79 Å². The van der Waals surface area contributed by atoms with Gasteiger partial charge in [0.1, 0.15) is 5.84 Å². The van der Waals surface area contributed by atoms with Gasteiger partial charge < -0.3 is 5.32 Å². The van der Waals surface area contributed by atoms with E-state index in [4.69, 9.17) is 5.41 Å². The molecule has 0 aromatic rings. The largest absolute Gasteiger partial charge is 0.338 e. The van der Waals surface area contributed by atoms with E-state index in [-0.39, 0.29) is 6.03 Å². The van der Waals surface area contributed by atoms with Gasteiger partial charge in [-0.15, -0.1) is 0 Å². The summed E-state index contributed by atoms with van der Waals surface area (Å²) in [5.74, 6) is 0.783. The average molecular weight is 183 g/mol. The fourth-order valence-electron chi connectivity index (χ4n) is 1.09. The van der Waals surface area contributed by atoms with Gasteiger partial charge in [-0.1, -0.05) is 6.92 Å². The number of amides is 2. The van der Waals surface area contributed by atoms with Gasteiger partial charge in [0.25, 0.3) is 0 Å². The highest BCUT2D eigenvalue weighted by Gasteiger charge is 2.30. The molecule has 1 fully saturated rings. The number of urea groups is 1. The average Bonchev–Trinajstić information content (AvgIpc) is 2.94. The SMILES string of the molecule is CCCNC(=O)N(C)C(=N)C1CC1. The maximum absolute atomic E-state index is 11.3. The first-order valence-corrected chi connectivity index (χ1v) is 4.76. The minimum Gasteiger partial charge on any atom is -0.338 e. The summed E-state index contributed by atoms with van der Waals surface area (Å²) in [5, 5.41) is 10.4. The molecule has 1 aliphatic carbocycles. The smallest absolute Gasteiger partial charge is 0.322 e. The summed E-state index contributed by atoms with van der Waals surface area (Å²) in [6.45, 7) is 2.69. The Bertz CT molecular complexity index is 211. The lowest BCUT2D eigenvalue weighted by molar-refractivity contribution is 0.225. The van der Waals surface area contributed by atoms with E-state index in [0.717, 1.165) is 19.3 Å². The molecule has 0 bridgehead atoms. The Labute approximate surface area is 78.8 Å². The highest BCUT2D eigenvalue weighted by Crippen LogP contribution is 2.30. The molecule has 0 spiro atoms. The fourth-order valence-corrected chi connectivity index (χ4v) is 1.09. The number of carbonyl (C=O) groups is 1. The van der Waals surface area contributed by atoms with Gasteiger partial charge >= 0.3 is 6.03 Å². The highest BCUT2D eigenvalue weighted by atomic mass is 16.2. The zero-order chi connectivity index (χ0) is 9.84. The number of hydrogen-bond donors (Lipinski definition) is 2. The Morgan fingerprint density at radius 2 is 2.23 bits per heavy atom. The monoisotopic (exact) mass is 183 g/mol. The van der Waals surface area contributed by atoms with Crippen molar-refractivity contribution in [3.63, 3.8) is 0 Å². The topological polar surface area (TPSA) is 56.2 Å². The second-order valence-corrected chi connectivity index (χ2v) is 3.45. The Hall–Kier alpha value is -1.06. The van der Waals surface area contributed by atoms with E-state index in [0.29, 0.717) is 18.3 Å². The molecule has 0 unspecified atom stereocenters. The summed E-state index contributed by atoms with van der Waals surface area (Å²) in [5.41, 5.74) is 0. The second kappa shape index (κ2) is 4.25.